The van der Waals surface area contributed by atoms with Gasteiger partial charge in [0.1, 0.15) is 5.70 Å². The molecular weight excluding hydrogens is 400 g/mol. The number of imide groups is 1. The van der Waals surface area contributed by atoms with Crippen molar-refractivity contribution < 1.29 is 19.1 Å². The lowest BCUT2D eigenvalue weighted by atomic mass is 10.1. The SMILES string of the molecule is COC(=O)c1ccc(/C=C2/NC(=O)N(Cc3ccc(Br)cc3)C2=O)cc1. The number of halogens is 1. The average molecular weight is 415 g/mol. The molecule has 7 heteroatoms. The number of rotatable bonds is 4. The van der Waals surface area contributed by atoms with Gasteiger partial charge in [-0.05, 0) is 41.5 Å². The van der Waals surface area contributed by atoms with Gasteiger partial charge < -0.3 is 10.1 Å². The lowest BCUT2D eigenvalue weighted by Crippen LogP contribution is -2.30. The summed E-state index contributed by atoms with van der Waals surface area (Å²) in [5, 5.41) is 2.58. The number of benzene rings is 2. The second-order valence-electron chi connectivity index (χ2n) is 5.62. The maximum Gasteiger partial charge on any atom is 0.337 e. The number of carbonyl (C=O) groups excluding carboxylic acids is 3. The van der Waals surface area contributed by atoms with Crippen molar-refractivity contribution in [1.82, 2.24) is 10.2 Å². The molecule has 3 amide bonds. The fourth-order valence-electron chi connectivity index (χ4n) is 2.49. The quantitative estimate of drug-likeness (QED) is 0.472. The van der Waals surface area contributed by atoms with Gasteiger partial charge >= 0.3 is 12.0 Å². The van der Waals surface area contributed by atoms with Crippen LogP contribution in [0.25, 0.3) is 6.08 Å². The molecule has 0 aromatic heterocycles. The third kappa shape index (κ3) is 3.83. The van der Waals surface area contributed by atoms with Gasteiger partial charge in [0.2, 0.25) is 0 Å². The molecule has 0 aliphatic carbocycles. The van der Waals surface area contributed by atoms with E-state index in [0.717, 1.165) is 14.9 Å². The normalized spacial score (nSPS) is 15.3. The summed E-state index contributed by atoms with van der Waals surface area (Å²) in [4.78, 5) is 37.2. The number of ether oxygens (including phenoxy) is 1. The molecule has 2 aromatic carbocycles. The van der Waals surface area contributed by atoms with Crippen molar-refractivity contribution in [3.63, 3.8) is 0 Å². The second-order valence-corrected chi connectivity index (χ2v) is 6.54. The van der Waals surface area contributed by atoms with Crippen LogP contribution in [0.4, 0.5) is 4.79 Å². The van der Waals surface area contributed by atoms with Crippen LogP contribution in [-0.2, 0) is 16.1 Å². The molecule has 0 radical (unpaired) electrons. The Balaban J connectivity index is 1.76. The van der Waals surface area contributed by atoms with Gasteiger partial charge in [0, 0.05) is 4.47 Å². The zero-order chi connectivity index (χ0) is 18.7. The summed E-state index contributed by atoms with van der Waals surface area (Å²) >= 11 is 3.35. The summed E-state index contributed by atoms with van der Waals surface area (Å²) in [6, 6.07) is 13.5. The fourth-order valence-corrected chi connectivity index (χ4v) is 2.75. The van der Waals surface area contributed by atoms with Crippen molar-refractivity contribution in [3.05, 3.63) is 75.4 Å². The Morgan fingerprint density at radius 3 is 2.38 bits per heavy atom. The van der Waals surface area contributed by atoms with Crippen molar-refractivity contribution in [2.45, 2.75) is 6.54 Å². The minimum atomic E-state index is -0.463. The smallest absolute Gasteiger partial charge is 0.337 e. The highest BCUT2D eigenvalue weighted by Crippen LogP contribution is 2.18. The molecule has 6 nitrogen and oxygen atoms in total. The number of carbonyl (C=O) groups is 3. The number of hydrogen-bond donors (Lipinski definition) is 1. The van der Waals surface area contributed by atoms with Gasteiger partial charge in [-0.1, -0.05) is 40.2 Å². The van der Waals surface area contributed by atoms with Gasteiger partial charge in [-0.15, -0.1) is 0 Å². The molecule has 0 bridgehead atoms. The Labute approximate surface area is 158 Å². The topological polar surface area (TPSA) is 75.7 Å². The van der Waals surface area contributed by atoms with Crippen molar-refractivity contribution in [3.8, 4) is 0 Å². The predicted molar refractivity (Wildman–Crippen MR) is 99.0 cm³/mol. The maximum absolute atomic E-state index is 12.5. The minimum absolute atomic E-state index is 0.191. The van der Waals surface area contributed by atoms with Crippen LogP contribution in [0, 0.1) is 0 Å². The van der Waals surface area contributed by atoms with E-state index < -0.39 is 17.9 Å². The second kappa shape index (κ2) is 7.53. The molecule has 1 saturated heterocycles. The number of nitrogens with zero attached hydrogens (tertiary/aromatic N) is 1. The first-order chi connectivity index (χ1) is 12.5. The Bertz CT molecular complexity index is 889. The number of nitrogens with one attached hydrogen (secondary N) is 1. The van der Waals surface area contributed by atoms with Crippen molar-refractivity contribution in [2.75, 3.05) is 7.11 Å². The van der Waals surface area contributed by atoms with Crippen LogP contribution in [0.3, 0.4) is 0 Å². The number of amides is 3. The third-order valence-corrected chi connectivity index (χ3v) is 4.39. The molecule has 1 aliphatic heterocycles. The molecule has 0 unspecified atom stereocenters. The molecule has 0 spiro atoms. The Hall–Kier alpha value is -2.93. The maximum atomic E-state index is 12.5. The molecule has 1 aliphatic rings. The zero-order valence-electron chi connectivity index (χ0n) is 13.9. The highest BCUT2D eigenvalue weighted by atomic mass is 79.9. The lowest BCUT2D eigenvalue weighted by Gasteiger charge is -2.11. The summed E-state index contributed by atoms with van der Waals surface area (Å²) in [5.74, 6) is -0.829. The van der Waals surface area contributed by atoms with Gasteiger partial charge in [-0.25, -0.2) is 9.59 Å². The summed E-state index contributed by atoms with van der Waals surface area (Å²) in [6.07, 6.45) is 1.57. The van der Waals surface area contributed by atoms with Gasteiger partial charge in [0.05, 0.1) is 19.2 Å². The molecule has 1 heterocycles. The molecule has 26 heavy (non-hydrogen) atoms. The average Bonchev–Trinajstić information content (AvgIpc) is 2.91. The van der Waals surface area contributed by atoms with E-state index in [2.05, 4.69) is 26.0 Å². The first-order valence-electron chi connectivity index (χ1n) is 7.75. The van der Waals surface area contributed by atoms with Gasteiger partial charge in [0.15, 0.2) is 0 Å². The van der Waals surface area contributed by atoms with E-state index in [0.29, 0.717) is 11.1 Å². The molecule has 0 atom stereocenters. The molecule has 0 saturated carbocycles. The number of urea groups is 1. The van der Waals surface area contributed by atoms with Crippen molar-refractivity contribution in [1.29, 1.82) is 0 Å². The van der Waals surface area contributed by atoms with Crippen molar-refractivity contribution in [2.24, 2.45) is 0 Å². The van der Waals surface area contributed by atoms with Gasteiger partial charge in [-0.3, -0.25) is 9.69 Å². The largest absolute Gasteiger partial charge is 0.465 e. The van der Waals surface area contributed by atoms with E-state index >= 15 is 0 Å². The Morgan fingerprint density at radius 2 is 1.77 bits per heavy atom. The highest BCUT2D eigenvalue weighted by molar-refractivity contribution is 9.10. The highest BCUT2D eigenvalue weighted by Gasteiger charge is 2.33. The van der Waals surface area contributed by atoms with Crippen LogP contribution < -0.4 is 5.32 Å². The van der Waals surface area contributed by atoms with Gasteiger partial charge in [-0.2, -0.15) is 0 Å². The van der Waals surface area contributed by atoms with E-state index in [1.54, 1.807) is 30.3 Å². The van der Waals surface area contributed by atoms with E-state index in [1.165, 1.54) is 7.11 Å². The summed E-state index contributed by atoms with van der Waals surface area (Å²) in [7, 11) is 1.31. The van der Waals surface area contributed by atoms with E-state index in [9.17, 15) is 14.4 Å². The number of esters is 1. The van der Waals surface area contributed by atoms with Crippen molar-refractivity contribution >= 4 is 39.9 Å². The first kappa shape index (κ1) is 17.9. The zero-order valence-corrected chi connectivity index (χ0v) is 15.4. The number of methoxy groups -OCH3 is 1. The first-order valence-corrected chi connectivity index (χ1v) is 8.54. The van der Waals surface area contributed by atoms with Crippen LogP contribution in [0.1, 0.15) is 21.5 Å². The van der Waals surface area contributed by atoms with E-state index in [4.69, 9.17) is 0 Å². The van der Waals surface area contributed by atoms with Gasteiger partial charge in [0.25, 0.3) is 5.91 Å². The van der Waals surface area contributed by atoms with Crippen LogP contribution >= 0.6 is 15.9 Å². The Kier molecular flexibility index (Phi) is 5.18. The Morgan fingerprint density at radius 1 is 1.12 bits per heavy atom. The van der Waals surface area contributed by atoms with E-state index in [1.807, 2.05) is 24.3 Å². The predicted octanol–water partition coefficient (Wildman–Crippen LogP) is 3.33. The van der Waals surface area contributed by atoms with E-state index in [-0.39, 0.29) is 12.2 Å². The molecule has 2 aromatic rings. The minimum Gasteiger partial charge on any atom is -0.465 e. The monoisotopic (exact) mass is 414 g/mol. The van der Waals surface area contributed by atoms with Crippen LogP contribution in [-0.4, -0.2) is 29.9 Å². The molecule has 3 rings (SSSR count). The van der Waals surface area contributed by atoms with Crippen LogP contribution in [0.5, 0.6) is 0 Å². The molecule has 132 valence electrons. The number of hydrogen-bond acceptors (Lipinski definition) is 4. The third-order valence-electron chi connectivity index (χ3n) is 3.86. The lowest BCUT2D eigenvalue weighted by molar-refractivity contribution is -0.123. The molecule has 1 fully saturated rings. The standard InChI is InChI=1S/C19H15BrN2O4/c1-26-18(24)14-6-2-12(3-7-14)10-16-17(23)22(19(25)21-16)11-13-4-8-15(20)9-5-13/h2-10H,11H2,1H3,(H,21,25)/b16-10+. The summed E-state index contributed by atoms with van der Waals surface area (Å²) < 4.78 is 5.57. The molecule has 1 N–H and O–H groups in total. The summed E-state index contributed by atoms with van der Waals surface area (Å²) in [6.45, 7) is 0.191. The molecular formula is C19H15BrN2O4. The van der Waals surface area contributed by atoms with Crippen LogP contribution in [0.15, 0.2) is 58.7 Å². The fraction of sp³-hybridized carbons (Fsp3) is 0.105. The summed E-state index contributed by atoms with van der Waals surface area (Å²) in [5.41, 5.74) is 2.14. The van der Waals surface area contributed by atoms with Crippen LogP contribution in [0.2, 0.25) is 0 Å².